The minimum atomic E-state index is -0.735. The first-order valence-corrected chi connectivity index (χ1v) is 7.88. The summed E-state index contributed by atoms with van der Waals surface area (Å²) in [5.74, 6) is -0.435. The number of aromatic nitrogens is 5. The van der Waals surface area contributed by atoms with Gasteiger partial charge in [0, 0.05) is 18.0 Å². The third-order valence-corrected chi connectivity index (χ3v) is 3.98. The number of amides is 1. The first-order chi connectivity index (χ1) is 12.6. The third kappa shape index (κ3) is 2.73. The molecule has 0 unspecified atom stereocenters. The van der Waals surface area contributed by atoms with E-state index in [0.717, 1.165) is 5.56 Å². The van der Waals surface area contributed by atoms with Gasteiger partial charge in [-0.25, -0.2) is 14.8 Å². The summed E-state index contributed by atoms with van der Waals surface area (Å²) in [6, 6.07) is 12.9. The molecule has 3 aromatic heterocycles. The highest BCUT2D eigenvalue weighted by Crippen LogP contribution is 2.20. The van der Waals surface area contributed by atoms with Crippen LogP contribution in [0.3, 0.4) is 0 Å². The number of H-pyrrole nitrogens is 1. The molecule has 3 heterocycles. The third-order valence-electron chi connectivity index (χ3n) is 3.98. The molecule has 0 radical (unpaired) electrons. The van der Waals surface area contributed by atoms with Crippen LogP contribution in [0.25, 0.3) is 22.6 Å². The van der Waals surface area contributed by atoms with Crippen molar-refractivity contribution >= 4 is 17.1 Å². The van der Waals surface area contributed by atoms with E-state index in [1.807, 2.05) is 30.3 Å². The molecule has 128 valence electrons. The number of nitrogens with zero attached hydrogens (tertiary/aromatic N) is 4. The number of primary amides is 1. The normalized spacial score (nSPS) is 10.9. The Kier molecular flexibility index (Phi) is 3.77. The van der Waals surface area contributed by atoms with Gasteiger partial charge in [0.15, 0.2) is 17.2 Å². The molecule has 8 nitrogen and oxygen atoms in total. The van der Waals surface area contributed by atoms with Crippen molar-refractivity contribution in [2.75, 3.05) is 0 Å². The Balaban J connectivity index is 1.96. The monoisotopic (exact) mass is 346 g/mol. The Morgan fingerprint density at radius 2 is 1.81 bits per heavy atom. The van der Waals surface area contributed by atoms with Crippen molar-refractivity contribution in [3.63, 3.8) is 0 Å². The summed E-state index contributed by atoms with van der Waals surface area (Å²) in [6.45, 7) is 0.310. The molecular formula is C18H14N6O2. The lowest BCUT2D eigenvalue weighted by Gasteiger charge is -2.06. The van der Waals surface area contributed by atoms with Crippen LogP contribution in [0.5, 0.6) is 0 Å². The van der Waals surface area contributed by atoms with Crippen LogP contribution in [0.2, 0.25) is 0 Å². The van der Waals surface area contributed by atoms with Gasteiger partial charge in [0.1, 0.15) is 5.52 Å². The number of hydrogen-bond acceptors (Lipinski definition) is 5. The second-order valence-electron chi connectivity index (χ2n) is 5.70. The molecular weight excluding hydrogens is 332 g/mol. The molecule has 1 amide bonds. The molecule has 3 N–H and O–H groups in total. The summed E-state index contributed by atoms with van der Waals surface area (Å²) < 4.78 is 1.46. The highest BCUT2D eigenvalue weighted by atomic mass is 16.2. The van der Waals surface area contributed by atoms with Gasteiger partial charge in [0.05, 0.1) is 6.54 Å². The van der Waals surface area contributed by atoms with E-state index in [0.29, 0.717) is 23.6 Å². The summed E-state index contributed by atoms with van der Waals surface area (Å²) in [5, 5.41) is 0. The van der Waals surface area contributed by atoms with Gasteiger partial charge < -0.3 is 10.7 Å². The van der Waals surface area contributed by atoms with E-state index in [9.17, 15) is 9.59 Å². The minimum Gasteiger partial charge on any atom is -0.364 e. The summed E-state index contributed by atoms with van der Waals surface area (Å²) >= 11 is 0. The Labute approximate surface area is 147 Å². The van der Waals surface area contributed by atoms with E-state index in [4.69, 9.17) is 5.73 Å². The van der Waals surface area contributed by atoms with Gasteiger partial charge in [-0.05, 0) is 17.7 Å². The Bertz CT molecular complexity index is 1150. The molecule has 0 atom stereocenters. The van der Waals surface area contributed by atoms with Crippen molar-refractivity contribution in [2.45, 2.75) is 6.54 Å². The van der Waals surface area contributed by atoms with E-state index < -0.39 is 5.91 Å². The molecule has 8 heteroatoms. The molecule has 0 saturated heterocycles. The topological polar surface area (TPSA) is 120 Å². The molecule has 0 bridgehead atoms. The zero-order valence-electron chi connectivity index (χ0n) is 13.6. The molecule has 4 rings (SSSR count). The van der Waals surface area contributed by atoms with Crippen molar-refractivity contribution in [2.24, 2.45) is 5.73 Å². The number of imidazole rings is 1. The van der Waals surface area contributed by atoms with E-state index in [2.05, 4.69) is 19.9 Å². The molecule has 0 aliphatic carbocycles. The van der Waals surface area contributed by atoms with Crippen molar-refractivity contribution in [1.82, 2.24) is 24.5 Å². The number of hydrogen-bond donors (Lipinski definition) is 2. The van der Waals surface area contributed by atoms with Crippen LogP contribution in [0.15, 0.2) is 59.7 Å². The number of nitrogens with one attached hydrogen (secondary N) is 1. The Morgan fingerprint density at radius 3 is 2.50 bits per heavy atom. The number of benzene rings is 1. The summed E-state index contributed by atoms with van der Waals surface area (Å²) in [5.41, 5.74) is 7.22. The molecule has 0 aliphatic heterocycles. The van der Waals surface area contributed by atoms with Crippen LogP contribution in [0.1, 0.15) is 16.1 Å². The van der Waals surface area contributed by atoms with E-state index in [1.54, 1.807) is 24.5 Å². The maximum absolute atomic E-state index is 12.4. The minimum absolute atomic E-state index is 0.0225. The summed E-state index contributed by atoms with van der Waals surface area (Å²) in [4.78, 5) is 39.6. The number of pyridine rings is 1. The lowest BCUT2D eigenvalue weighted by molar-refractivity contribution is 0.0997. The highest BCUT2D eigenvalue weighted by Gasteiger charge is 2.19. The SMILES string of the molecule is NC(=O)c1nc(-c2ccncc2)nc2c1[nH]c(=O)n2Cc1ccccc1. The van der Waals surface area contributed by atoms with Gasteiger partial charge in [-0.3, -0.25) is 14.3 Å². The second kappa shape index (κ2) is 6.25. The highest BCUT2D eigenvalue weighted by molar-refractivity contribution is 6.01. The molecule has 0 fully saturated rings. The van der Waals surface area contributed by atoms with E-state index in [-0.39, 0.29) is 16.9 Å². The van der Waals surface area contributed by atoms with E-state index in [1.165, 1.54) is 4.57 Å². The fourth-order valence-corrected chi connectivity index (χ4v) is 2.75. The maximum Gasteiger partial charge on any atom is 0.328 e. The van der Waals surface area contributed by atoms with Crippen molar-refractivity contribution in [3.8, 4) is 11.4 Å². The second-order valence-corrected chi connectivity index (χ2v) is 5.70. The quantitative estimate of drug-likeness (QED) is 0.578. The van der Waals surface area contributed by atoms with Gasteiger partial charge in [0.2, 0.25) is 0 Å². The van der Waals surface area contributed by atoms with Crippen LogP contribution in [-0.2, 0) is 6.54 Å². The van der Waals surface area contributed by atoms with Crippen molar-refractivity contribution < 1.29 is 4.79 Å². The van der Waals surface area contributed by atoms with Crippen molar-refractivity contribution in [3.05, 3.63) is 76.6 Å². The number of nitrogens with two attached hydrogens (primary N) is 1. The zero-order valence-corrected chi connectivity index (χ0v) is 13.6. The molecule has 0 aliphatic rings. The van der Waals surface area contributed by atoms with Gasteiger partial charge in [-0.15, -0.1) is 0 Å². The number of aromatic amines is 1. The smallest absolute Gasteiger partial charge is 0.328 e. The van der Waals surface area contributed by atoms with Crippen LogP contribution >= 0.6 is 0 Å². The largest absolute Gasteiger partial charge is 0.364 e. The van der Waals surface area contributed by atoms with Crippen molar-refractivity contribution in [1.29, 1.82) is 0 Å². The molecule has 0 spiro atoms. The van der Waals surface area contributed by atoms with Gasteiger partial charge in [0.25, 0.3) is 5.91 Å². The molecule has 4 aromatic rings. The Hall–Kier alpha value is -3.81. The Morgan fingerprint density at radius 1 is 1.08 bits per heavy atom. The van der Waals surface area contributed by atoms with Gasteiger partial charge in [-0.1, -0.05) is 30.3 Å². The van der Waals surface area contributed by atoms with Crippen LogP contribution in [0.4, 0.5) is 0 Å². The van der Waals surface area contributed by atoms with Crippen LogP contribution < -0.4 is 11.4 Å². The first kappa shape index (κ1) is 15.7. The molecule has 26 heavy (non-hydrogen) atoms. The maximum atomic E-state index is 12.4. The predicted octanol–water partition coefficient (Wildman–Crippen LogP) is 1.33. The van der Waals surface area contributed by atoms with Crippen LogP contribution in [-0.4, -0.2) is 30.4 Å². The first-order valence-electron chi connectivity index (χ1n) is 7.88. The fraction of sp³-hybridized carbons (Fsp3) is 0.0556. The lowest BCUT2D eigenvalue weighted by atomic mass is 10.2. The lowest BCUT2D eigenvalue weighted by Crippen LogP contribution is -2.17. The summed E-state index contributed by atoms with van der Waals surface area (Å²) in [7, 11) is 0. The number of rotatable bonds is 4. The van der Waals surface area contributed by atoms with Gasteiger partial charge >= 0.3 is 5.69 Å². The summed E-state index contributed by atoms with van der Waals surface area (Å²) in [6.07, 6.45) is 3.20. The van der Waals surface area contributed by atoms with E-state index >= 15 is 0 Å². The average Bonchev–Trinajstić information content (AvgIpc) is 2.98. The fourth-order valence-electron chi connectivity index (χ4n) is 2.75. The number of carbonyl (C=O) groups excluding carboxylic acids is 1. The molecule has 0 saturated carbocycles. The zero-order chi connectivity index (χ0) is 18.1. The van der Waals surface area contributed by atoms with Gasteiger partial charge in [-0.2, -0.15) is 0 Å². The number of fused-ring (bicyclic) bond motifs is 1. The average molecular weight is 346 g/mol. The predicted molar refractivity (Wildman–Crippen MR) is 95.4 cm³/mol. The molecule has 1 aromatic carbocycles. The van der Waals surface area contributed by atoms with Crippen LogP contribution in [0, 0.1) is 0 Å². The standard InChI is InChI=1S/C18H14N6O2/c19-15(25)13-14-17(23-16(21-13)12-6-8-20-9-7-12)24(18(26)22-14)10-11-4-2-1-3-5-11/h1-9H,10H2,(H2,19,25)(H,22,26). The number of carbonyl (C=O) groups is 1.